The third-order valence-corrected chi connectivity index (χ3v) is 3.06. The van der Waals surface area contributed by atoms with Gasteiger partial charge in [-0.05, 0) is 0 Å². The smallest absolute Gasteiger partial charge is 0.200 e. The zero-order valence-corrected chi connectivity index (χ0v) is 9.50. The number of halogens is 8. The molecule has 90 valence electrons. The summed E-state index contributed by atoms with van der Waals surface area (Å²) in [5, 5.41) is 0. The molecular weight excluding hydrogens is 297 g/mol. The van der Waals surface area contributed by atoms with Crippen molar-refractivity contribution in [3.05, 3.63) is 34.6 Å². The quantitative estimate of drug-likeness (QED) is 0.331. The summed E-state index contributed by atoms with van der Waals surface area (Å²) in [6, 6.07) is 0. The van der Waals surface area contributed by atoms with Gasteiger partial charge in [-0.15, -0.1) is 11.6 Å². The van der Waals surface area contributed by atoms with Crippen LogP contribution >= 0.6 is 34.8 Å². The van der Waals surface area contributed by atoms with Crippen molar-refractivity contribution in [3.8, 4) is 0 Å². The summed E-state index contributed by atoms with van der Waals surface area (Å²) in [5.74, 6) is -11.5. The van der Waals surface area contributed by atoms with Gasteiger partial charge in [0.15, 0.2) is 27.6 Å². The van der Waals surface area contributed by atoms with Crippen LogP contribution in [0.1, 0.15) is 5.56 Å². The first-order valence-corrected chi connectivity index (χ1v) is 4.98. The minimum absolute atomic E-state index is 0.742. The monoisotopic (exact) mass is 298 g/mol. The van der Waals surface area contributed by atoms with Gasteiger partial charge in [0.05, 0.1) is 11.4 Å². The SMILES string of the molecule is Fc1c(F)c(F)c(C(Cl)(Cl)CCl)c(F)c1F. The van der Waals surface area contributed by atoms with Crippen LogP contribution in [-0.4, -0.2) is 5.88 Å². The van der Waals surface area contributed by atoms with E-state index in [4.69, 9.17) is 34.8 Å². The zero-order chi connectivity index (χ0) is 12.7. The van der Waals surface area contributed by atoms with Gasteiger partial charge >= 0.3 is 0 Å². The maximum absolute atomic E-state index is 13.1. The highest BCUT2D eigenvalue weighted by Crippen LogP contribution is 2.40. The van der Waals surface area contributed by atoms with Gasteiger partial charge in [0.2, 0.25) is 5.82 Å². The molecule has 0 aliphatic rings. The molecule has 0 fully saturated rings. The summed E-state index contributed by atoms with van der Waals surface area (Å²) in [4.78, 5) is 0. The molecule has 0 atom stereocenters. The standard InChI is InChI=1S/C8H2Cl3F5/c9-1-8(10,11)2-3(12)5(14)7(16)6(15)4(2)13/h1H2. The van der Waals surface area contributed by atoms with E-state index in [1.54, 1.807) is 0 Å². The lowest BCUT2D eigenvalue weighted by Gasteiger charge is -2.18. The summed E-state index contributed by atoms with van der Waals surface area (Å²) in [7, 11) is 0. The largest absolute Gasteiger partial charge is 0.203 e. The summed E-state index contributed by atoms with van der Waals surface area (Å²) in [6.07, 6.45) is 0. The molecule has 0 nitrogen and oxygen atoms in total. The number of alkyl halides is 3. The minimum atomic E-state index is -2.40. The van der Waals surface area contributed by atoms with E-state index in [2.05, 4.69) is 0 Å². The molecule has 8 heteroatoms. The Balaban J connectivity index is 3.65. The molecule has 16 heavy (non-hydrogen) atoms. The van der Waals surface area contributed by atoms with E-state index in [1.807, 2.05) is 0 Å². The molecule has 0 heterocycles. The maximum Gasteiger partial charge on any atom is 0.200 e. The van der Waals surface area contributed by atoms with E-state index in [-0.39, 0.29) is 0 Å². The average Bonchev–Trinajstić information content (AvgIpc) is 2.23. The zero-order valence-electron chi connectivity index (χ0n) is 7.23. The highest BCUT2D eigenvalue weighted by Gasteiger charge is 2.38. The first kappa shape index (κ1) is 13.8. The minimum Gasteiger partial charge on any atom is -0.203 e. The molecule has 0 unspecified atom stereocenters. The van der Waals surface area contributed by atoms with Crippen LogP contribution in [0.5, 0.6) is 0 Å². The van der Waals surface area contributed by atoms with Gasteiger partial charge in [0.1, 0.15) is 0 Å². The van der Waals surface area contributed by atoms with Crippen molar-refractivity contribution in [2.45, 2.75) is 4.33 Å². The second kappa shape index (κ2) is 4.55. The predicted molar refractivity (Wildman–Crippen MR) is 50.3 cm³/mol. The van der Waals surface area contributed by atoms with E-state index >= 15 is 0 Å². The number of hydrogen-bond acceptors (Lipinski definition) is 0. The Hall–Kier alpha value is -0.260. The molecule has 1 aromatic rings. The molecule has 0 spiro atoms. The van der Waals surface area contributed by atoms with Crippen LogP contribution in [0.4, 0.5) is 22.0 Å². The topological polar surface area (TPSA) is 0 Å². The average molecular weight is 299 g/mol. The van der Waals surface area contributed by atoms with E-state index < -0.39 is 44.9 Å². The van der Waals surface area contributed by atoms with E-state index in [0.717, 1.165) is 0 Å². The lowest BCUT2D eigenvalue weighted by atomic mass is 10.1. The normalized spacial score (nSPS) is 12.0. The molecule has 0 amide bonds. The lowest BCUT2D eigenvalue weighted by molar-refractivity contribution is 0.368. The molecule has 0 aliphatic heterocycles. The van der Waals surface area contributed by atoms with Crippen LogP contribution in [0.25, 0.3) is 0 Å². The van der Waals surface area contributed by atoms with Gasteiger partial charge in [-0.3, -0.25) is 0 Å². The highest BCUT2D eigenvalue weighted by molar-refractivity contribution is 6.51. The lowest BCUT2D eigenvalue weighted by Crippen LogP contribution is -2.20. The van der Waals surface area contributed by atoms with E-state index in [0.29, 0.717) is 0 Å². The van der Waals surface area contributed by atoms with Crippen molar-refractivity contribution in [1.82, 2.24) is 0 Å². The summed E-state index contributed by atoms with van der Waals surface area (Å²) < 4.78 is 62.0. The number of benzene rings is 1. The molecule has 1 rings (SSSR count). The van der Waals surface area contributed by atoms with Gasteiger partial charge < -0.3 is 0 Å². The highest BCUT2D eigenvalue weighted by atomic mass is 35.5. The summed E-state index contributed by atoms with van der Waals surface area (Å²) >= 11 is 15.9. The first-order chi connectivity index (χ1) is 7.24. The summed E-state index contributed by atoms with van der Waals surface area (Å²) in [6.45, 7) is 0. The number of rotatable bonds is 2. The Morgan fingerprint density at radius 2 is 1.06 bits per heavy atom. The van der Waals surface area contributed by atoms with Crippen molar-refractivity contribution < 1.29 is 22.0 Å². The van der Waals surface area contributed by atoms with Gasteiger partial charge in [-0.2, -0.15) is 0 Å². The molecule has 0 aliphatic carbocycles. The predicted octanol–water partition coefficient (Wildman–Crippen LogP) is 4.25. The van der Waals surface area contributed by atoms with Crippen LogP contribution in [-0.2, 0) is 4.33 Å². The van der Waals surface area contributed by atoms with Crippen molar-refractivity contribution in [1.29, 1.82) is 0 Å². The third-order valence-electron chi connectivity index (χ3n) is 1.74. The third kappa shape index (κ3) is 2.08. The molecule has 0 bridgehead atoms. The fraction of sp³-hybridized carbons (Fsp3) is 0.250. The Kier molecular flexibility index (Phi) is 3.92. The Bertz CT molecular complexity index is 403. The van der Waals surface area contributed by atoms with Crippen LogP contribution in [0.2, 0.25) is 0 Å². The van der Waals surface area contributed by atoms with Gasteiger partial charge in [-0.25, -0.2) is 22.0 Å². The Labute approximate surface area is 102 Å². The molecule has 1 aromatic carbocycles. The second-order valence-corrected chi connectivity index (χ2v) is 4.53. The number of hydrogen-bond donors (Lipinski definition) is 0. The van der Waals surface area contributed by atoms with Crippen molar-refractivity contribution in [2.75, 3.05) is 5.88 Å². The maximum atomic E-state index is 13.1. The van der Waals surface area contributed by atoms with E-state index in [9.17, 15) is 22.0 Å². The molecule has 0 aromatic heterocycles. The van der Waals surface area contributed by atoms with Gasteiger partial charge in [-0.1, -0.05) is 23.2 Å². The van der Waals surface area contributed by atoms with Crippen LogP contribution < -0.4 is 0 Å². The van der Waals surface area contributed by atoms with E-state index in [1.165, 1.54) is 0 Å². The summed E-state index contributed by atoms with van der Waals surface area (Å²) in [5.41, 5.74) is -1.36. The molecule has 0 saturated carbocycles. The van der Waals surface area contributed by atoms with Crippen LogP contribution in [0, 0.1) is 29.1 Å². The van der Waals surface area contributed by atoms with Crippen LogP contribution in [0.15, 0.2) is 0 Å². The first-order valence-electron chi connectivity index (χ1n) is 3.69. The molecule has 0 radical (unpaired) electrons. The van der Waals surface area contributed by atoms with Gasteiger partial charge in [0, 0.05) is 0 Å². The van der Waals surface area contributed by atoms with Gasteiger partial charge in [0.25, 0.3) is 0 Å². The molecule has 0 N–H and O–H groups in total. The Morgan fingerprint density at radius 1 is 0.750 bits per heavy atom. The fourth-order valence-electron chi connectivity index (χ4n) is 0.993. The fourth-order valence-corrected chi connectivity index (χ4v) is 1.46. The molecule has 0 saturated heterocycles. The van der Waals surface area contributed by atoms with Crippen molar-refractivity contribution in [2.24, 2.45) is 0 Å². The van der Waals surface area contributed by atoms with Crippen molar-refractivity contribution in [3.63, 3.8) is 0 Å². The van der Waals surface area contributed by atoms with Crippen molar-refractivity contribution >= 4 is 34.8 Å². The Morgan fingerprint density at radius 3 is 1.38 bits per heavy atom. The second-order valence-electron chi connectivity index (χ2n) is 2.78. The molecular formula is C8H2Cl3F5. The van der Waals surface area contributed by atoms with Crippen LogP contribution in [0.3, 0.4) is 0 Å².